The van der Waals surface area contributed by atoms with Gasteiger partial charge in [-0.2, -0.15) is 0 Å². The highest BCUT2D eigenvalue weighted by Crippen LogP contribution is 2.64. The van der Waals surface area contributed by atoms with Gasteiger partial charge in [0, 0.05) is 18.2 Å². The van der Waals surface area contributed by atoms with Crippen molar-refractivity contribution >= 4 is 18.4 Å². The molecule has 2 aromatic rings. The molecule has 1 heterocycles. The molecule has 0 fully saturated rings. The Balaban J connectivity index is 2.74. The van der Waals surface area contributed by atoms with Crippen molar-refractivity contribution in [1.82, 2.24) is 4.67 Å². The molecular weight excluding hydrogens is 375 g/mol. The monoisotopic (exact) mass is 416 g/mol. The van der Waals surface area contributed by atoms with E-state index >= 15 is 0 Å². The molecule has 3 nitrogen and oxygen atoms in total. The lowest BCUT2D eigenvalue weighted by molar-refractivity contribution is 0.368. The van der Waals surface area contributed by atoms with E-state index in [1.807, 2.05) is 6.92 Å². The minimum Gasteiger partial charge on any atom is -0.459 e. The third kappa shape index (κ3) is 6.09. The fourth-order valence-electron chi connectivity index (χ4n) is 3.62. The summed E-state index contributed by atoms with van der Waals surface area (Å²) in [4.78, 5) is 0. The maximum absolute atomic E-state index is 6.36. The fourth-order valence-corrected chi connectivity index (χ4v) is 7.77. The van der Waals surface area contributed by atoms with Gasteiger partial charge in [-0.1, -0.05) is 66.7 Å². The normalized spacial score (nSPS) is 14.6. The molecule has 0 amide bonds. The maximum atomic E-state index is 6.36. The van der Waals surface area contributed by atoms with Crippen molar-refractivity contribution in [3.63, 3.8) is 0 Å². The molecule has 1 aromatic carbocycles. The molecule has 1 atom stereocenters. The minimum absolute atomic E-state index is 0.0406. The van der Waals surface area contributed by atoms with Crippen molar-refractivity contribution in [2.45, 2.75) is 73.4 Å². The van der Waals surface area contributed by atoms with Crippen LogP contribution in [0.25, 0.3) is 0 Å². The molecule has 162 valence electrons. The standard InChI is InChI=1S/C25H41N2OP/c1-20(2)16-18-27(19-17-21(3)4)29(25(6,7)8,24-15-14-22(5)28-24)26-23-12-10-9-11-13-23/h9-15,20-21H,16-19H2,1-8H3/t29-/m0/s1. The zero-order valence-electron chi connectivity index (χ0n) is 19.8. The third-order valence-electron chi connectivity index (χ3n) is 5.32. The molecule has 0 N–H and O–H groups in total. The SMILES string of the molecule is Cc1ccc([P@](=Nc2ccccc2)(N(CCC(C)C)CCC(C)C)C(C)(C)C)o1. The Kier molecular flexibility index (Phi) is 8.37. The number of hydrogen-bond acceptors (Lipinski definition) is 2. The van der Waals surface area contributed by atoms with Crippen molar-refractivity contribution in [3.05, 3.63) is 48.2 Å². The maximum Gasteiger partial charge on any atom is 0.157 e. The van der Waals surface area contributed by atoms with E-state index in [0.717, 1.165) is 30.0 Å². The molecule has 0 unspecified atom stereocenters. The molecule has 29 heavy (non-hydrogen) atoms. The molecule has 0 spiro atoms. The van der Waals surface area contributed by atoms with Crippen LogP contribution in [-0.4, -0.2) is 22.9 Å². The Morgan fingerprint density at radius 1 is 0.897 bits per heavy atom. The van der Waals surface area contributed by atoms with Gasteiger partial charge in [0.2, 0.25) is 0 Å². The predicted octanol–water partition coefficient (Wildman–Crippen LogP) is 7.85. The second kappa shape index (κ2) is 10.1. The molecule has 0 aliphatic heterocycles. The van der Waals surface area contributed by atoms with Gasteiger partial charge in [0.25, 0.3) is 0 Å². The Morgan fingerprint density at radius 2 is 1.45 bits per heavy atom. The van der Waals surface area contributed by atoms with Gasteiger partial charge in [0.15, 0.2) is 5.50 Å². The highest BCUT2D eigenvalue weighted by atomic mass is 31.2. The smallest absolute Gasteiger partial charge is 0.157 e. The van der Waals surface area contributed by atoms with E-state index in [1.54, 1.807) is 0 Å². The van der Waals surface area contributed by atoms with Gasteiger partial charge in [-0.15, -0.1) is 0 Å². The molecule has 1 aromatic heterocycles. The molecular formula is C25H41N2OP. The van der Waals surface area contributed by atoms with E-state index in [0.29, 0.717) is 11.8 Å². The number of nitrogens with zero attached hydrogens (tertiary/aromatic N) is 2. The topological polar surface area (TPSA) is 28.7 Å². The van der Waals surface area contributed by atoms with Gasteiger partial charge in [-0.25, -0.2) is 4.74 Å². The van der Waals surface area contributed by atoms with Crippen LogP contribution in [-0.2, 0) is 0 Å². The van der Waals surface area contributed by atoms with E-state index in [9.17, 15) is 0 Å². The van der Waals surface area contributed by atoms with Crippen molar-refractivity contribution < 1.29 is 4.42 Å². The first-order chi connectivity index (χ1) is 13.6. The molecule has 0 saturated carbocycles. The summed E-state index contributed by atoms with van der Waals surface area (Å²) in [5.74, 6) is 2.28. The number of benzene rings is 1. The number of furan rings is 1. The van der Waals surface area contributed by atoms with Gasteiger partial charge in [0.1, 0.15) is 13.0 Å². The molecule has 0 saturated heterocycles. The van der Waals surface area contributed by atoms with Gasteiger partial charge in [0.05, 0.1) is 5.69 Å². The van der Waals surface area contributed by atoms with Crippen LogP contribution in [0.2, 0.25) is 0 Å². The quantitative estimate of drug-likeness (QED) is 0.389. The molecule has 4 heteroatoms. The van der Waals surface area contributed by atoms with Crippen LogP contribution < -0.4 is 5.50 Å². The zero-order valence-corrected chi connectivity index (χ0v) is 20.7. The van der Waals surface area contributed by atoms with Crippen LogP contribution in [0, 0.1) is 18.8 Å². The third-order valence-corrected chi connectivity index (χ3v) is 9.79. The second-order valence-corrected chi connectivity index (χ2v) is 13.7. The van der Waals surface area contributed by atoms with Gasteiger partial charge < -0.3 is 4.42 Å². The summed E-state index contributed by atoms with van der Waals surface area (Å²) in [5.41, 5.74) is 2.10. The molecule has 2 rings (SSSR count). The number of hydrogen-bond donors (Lipinski definition) is 0. The highest BCUT2D eigenvalue weighted by Gasteiger charge is 2.43. The van der Waals surface area contributed by atoms with Crippen LogP contribution >= 0.6 is 7.21 Å². The molecule has 0 radical (unpaired) electrons. The average molecular weight is 417 g/mol. The first-order valence-electron chi connectivity index (χ1n) is 11.1. The van der Waals surface area contributed by atoms with Crippen molar-refractivity contribution in [1.29, 1.82) is 0 Å². The molecule has 0 bridgehead atoms. The summed E-state index contributed by atoms with van der Waals surface area (Å²) in [6, 6.07) is 14.7. The molecule has 0 aliphatic rings. The van der Waals surface area contributed by atoms with Crippen molar-refractivity contribution in [2.75, 3.05) is 13.1 Å². The Bertz CT molecular complexity index is 788. The summed E-state index contributed by atoms with van der Waals surface area (Å²) in [5, 5.41) is -0.0406. The summed E-state index contributed by atoms with van der Waals surface area (Å²) in [6.45, 7) is 20.4. The van der Waals surface area contributed by atoms with E-state index in [-0.39, 0.29) is 5.16 Å². The van der Waals surface area contributed by atoms with Crippen LogP contribution in [0.1, 0.15) is 67.1 Å². The zero-order chi connectivity index (χ0) is 21.7. The largest absolute Gasteiger partial charge is 0.459 e. The van der Waals surface area contributed by atoms with E-state index < -0.39 is 7.21 Å². The Morgan fingerprint density at radius 3 is 1.86 bits per heavy atom. The average Bonchev–Trinajstić information content (AvgIpc) is 3.06. The Hall–Kier alpha value is -1.31. The second-order valence-electron chi connectivity index (χ2n) is 9.91. The summed E-state index contributed by atoms with van der Waals surface area (Å²) < 4.78 is 14.6. The van der Waals surface area contributed by atoms with Gasteiger partial charge in [-0.3, -0.25) is 4.67 Å². The minimum atomic E-state index is -2.16. The van der Waals surface area contributed by atoms with Crippen molar-refractivity contribution in [3.8, 4) is 0 Å². The predicted molar refractivity (Wildman–Crippen MR) is 129 cm³/mol. The van der Waals surface area contributed by atoms with Crippen LogP contribution in [0.5, 0.6) is 0 Å². The first-order valence-corrected chi connectivity index (χ1v) is 12.8. The van der Waals surface area contributed by atoms with Crippen LogP contribution in [0.3, 0.4) is 0 Å². The highest BCUT2D eigenvalue weighted by molar-refractivity contribution is 7.72. The summed E-state index contributed by atoms with van der Waals surface area (Å²) in [6.07, 6.45) is 2.33. The lowest BCUT2D eigenvalue weighted by Crippen LogP contribution is -2.38. The van der Waals surface area contributed by atoms with Gasteiger partial charge in [-0.05, 0) is 55.9 Å². The summed E-state index contributed by atoms with van der Waals surface area (Å²) in [7, 11) is -2.16. The first kappa shape index (κ1) is 24.0. The summed E-state index contributed by atoms with van der Waals surface area (Å²) >= 11 is 0. The van der Waals surface area contributed by atoms with E-state index in [2.05, 4.69) is 95.6 Å². The molecule has 0 aliphatic carbocycles. The van der Waals surface area contributed by atoms with Crippen LogP contribution in [0.4, 0.5) is 5.69 Å². The van der Waals surface area contributed by atoms with E-state index in [1.165, 1.54) is 12.8 Å². The van der Waals surface area contributed by atoms with Crippen LogP contribution in [0.15, 0.2) is 51.6 Å². The number of rotatable bonds is 9. The lowest BCUT2D eigenvalue weighted by atomic mass is 10.1. The lowest BCUT2D eigenvalue weighted by Gasteiger charge is -2.44. The van der Waals surface area contributed by atoms with E-state index in [4.69, 9.17) is 9.16 Å². The van der Waals surface area contributed by atoms with Crippen molar-refractivity contribution in [2.24, 2.45) is 16.6 Å². The Labute approximate surface area is 179 Å². The fraction of sp³-hybridized carbons (Fsp3) is 0.600. The van der Waals surface area contributed by atoms with Gasteiger partial charge >= 0.3 is 0 Å². The number of aryl methyl sites for hydroxylation is 1.